The van der Waals surface area contributed by atoms with Crippen LogP contribution in [-0.4, -0.2) is 37.5 Å². The minimum absolute atomic E-state index is 0.00375. The van der Waals surface area contributed by atoms with Gasteiger partial charge in [0, 0.05) is 29.4 Å². The first-order valence-electron chi connectivity index (χ1n) is 9.78. The molecule has 1 atom stereocenters. The van der Waals surface area contributed by atoms with Crippen LogP contribution < -0.4 is 5.32 Å². The molecule has 2 aromatic rings. The third-order valence-electron chi connectivity index (χ3n) is 5.33. The molecule has 6 nitrogen and oxygen atoms in total. The van der Waals surface area contributed by atoms with E-state index in [0.29, 0.717) is 31.5 Å². The summed E-state index contributed by atoms with van der Waals surface area (Å²) < 4.78 is 27.2. The number of amides is 1. The standard InChI is InChI=1S/C21H26N2O4S2/c1-3-19(20-5-4-14-28-20)22-21(25)17-10-12-23(13-11-17)29(26,27)18-8-6-16(7-9-18)15(2)24/h4-9,14,17,19H,3,10-13H2,1-2H3,(H,22,25). The Hall–Kier alpha value is -2.03. The quantitative estimate of drug-likeness (QED) is 0.675. The number of nitrogens with zero attached hydrogens (tertiary/aromatic N) is 1. The molecule has 2 heterocycles. The molecule has 1 unspecified atom stereocenters. The van der Waals surface area contributed by atoms with Gasteiger partial charge in [-0.15, -0.1) is 11.3 Å². The normalized spacial score (nSPS) is 17.0. The maximum absolute atomic E-state index is 12.9. The van der Waals surface area contributed by atoms with Crippen molar-refractivity contribution < 1.29 is 18.0 Å². The van der Waals surface area contributed by atoms with Gasteiger partial charge >= 0.3 is 0 Å². The summed E-state index contributed by atoms with van der Waals surface area (Å²) >= 11 is 1.62. The fourth-order valence-electron chi connectivity index (χ4n) is 3.52. The van der Waals surface area contributed by atoms with Gasteiger partial charge in [0.15, 0.2) is 5.78 Å². The lowest BCUT2D eigenvalue weighted by atomic mass is 9.96. The summed E-state index contributed by atoms with van der Waals surface area (Å²) in [5.74, 6) is -0.294. The number of piperidine rings is 1. The number of thiophene rings is 1. The van der Waals surface area contributed by atoms with Crippen LogP contribution in [0, 0.1) is 5.92 Å². The Bertz CT molecular complexity index is 945. The highest BCUT2D eigenvalue weighted by molar-refractivity contribution is 7.89. The van der Waals surface area contributed by atoms with Gasteiger partial charge in [-0.1, -0.05) is 25.1 Å². The van der Waals surface area contributed by atoms with E-state index in [1.165, 1.54) is 35.5 Å². The molecular weight excluding hydrogens is 408 g/mol. The summed E-state index contributed by atoms with van der Waals surface area (Å²) in [4.78, 5) is 25.4. The zero-order valence-corrected chi connectivity index (χ0v) is 18.3. The van der Waals surface area contributed by atoms with Crippen molar-refractivity contribution in [3.8, 4) is 0 Å². The van der Waals surface area contributed by atoms with Gasteiger partial charge in [-0.05, 0) is 49.8 Å². The molecule has 29 heavy (non-hydrogen) atoms. The third-order valence-corrected chi connectivity index (χ3v) is 8.23. The number of ketones is 1. The van der Waals surface area contributed by atoms with Gasteiger partial charge in [0.05, 0.1) is 10.9 Å². The van der Waals surface area contributed by atoms with Gasteiger partial charge in [0.25, 0.3) is 0 Å². The van der Waals surface area contributed by atoms with E-state index < -0.39 is 10.0 Å². The minimum atomic E-state index is -3.62. The van der Waals surface area contributed by atoms with Gasteiger partial charge in [-0.25, -0.2) is 8.42 Å². The number of Topliss-reactive ketones (excluding diaryl/α,β-unsaturated/α-hetero) is 1. The molecule has 1 amide bonds. The summed E-state index contributed by atoms with van der Waals surface area (Å²) in [5.41, 5.74) is 0.482. The Balaban J connectivity index is 1.60. The van der Waals surface area contributed by atoms with Crippen LogP contribution in [0.2, 0.25) is 0 Å². The van der Waals surface area contributed by atoms with Crippen molar-refractivity contribution in [1.82, 2.24) is 9.62 Å². The number of nitrogens with one attached hydrogen (secondary N) is 1. The lowest BCUT2D eigenvalue weighted by molar-refractivity contribution is -0.126. The maximum atomic E-state index is 12.9. The first-order chi connectivity index (χ1) is 13.8. The Labute approximate surface area is 176 Å². The van der Waals surface area contributed by atoms with Crippen molar-refractivity contribution >= 4 is 33.1 Å². The Morgan fingerprint density at radius 3 is 2.34 bits per heavy atom. The summed E-state index contributed by atoms with van der Waals surface area (Å²) in [7, 11) is -3.62. The molecule has 0 spiro atoms. The van der Waals surface area contributed by atoms with E-state index in [9.17, 15) is 18.0 Å². The van der Waals surface area contributed by atoms with Crippen LogP contribution in [0.25, 0.3) is 0 Å². The van der Waals surface area contributed by atoms with Crippen molar-refractivity contribution in [3.05, 3.63) is 52.2 Å². The first kappa shape index (κ1) is 21.7. The molecule has 0 aliphatic carbocycles. The molecule has 156 valence electrons. The number of sulfonamides is 1. The lowest BCUT2D eigenvalue weighted by Crippen LogP contribution is -2.43. The fraction of sp³-hybridized carbons (Fsp3) is 0.429. The summed E-state index contributed by atoms with van der Waals surface area (Å²) in [6.07, 6.45) is 1.81. The molecule has 3 rings (SSSR count). The van der Waals surface area contributed by atoms with Crippen LogP contribution in [0.1, 0.15) is 54.4 Å². The predicted molar refractivity (Wildman–Crippen MR) is 113 cm³/mol. The second-order valence-corrected chi connectivity index (χ2v) is 10.2. The monoisotopic (exact) mass is 434 g/mol. The van der Waals surface area contributed by atoms with Crippen molar-refractivity contribution in [1.29, 1.82) is 0 Å². The molecule has 1 N–H and O–H groups in total. The van der Waals surface area contributed by atoms with Crippen LogP contribution in [0.15, 0.2) is 46.7 Å². The Morgan fingerprint density at radius 1 is 1.17 bits per heavy atom. The molecular formula is C21H26N2O4S2. The Morgan fingerprint density at radius 2 is 1.83 bits per heavy atom. The molecule has 1 aromatic carbocycles. The summed E-state index contributed by atoms with van der Waals surface area (Å²) in [6.45, 7) is 4.10. The van der Waals surface area contributed by atoms with Gasteiger partial charge in [0.1, 0.15) is 0 Å². The second kappa shape index (κ2) is 9.19. The van der Waals surface area contributed by atoms with Crippen LogP contribution in [-0.2, 0) is 14.8 Å². The van der Waals surface area contributed by atoms with E-state index in [1.807, 2.05) is 24.4 Å². The maximum Gasteiger partial charge on any atom is 0.243 e. The van der Waals surface area contributed by atoms with Crippen LogP contribution in [0.5, 0.6) is 0 Å². The number of carbonyl (C=O) groups excluding carboxylic acids is 2. The largest absolute Gasteiger partial charge is 0.348 e. The molecule has 1 fully saturated rings. The van der Waals surface area contributed by atoms with Crippen molar-refractivity contribution in [2.45, 2.75) is 44.0 Å². The van der Waals surface area contributed by atoms with E-state index >= 15 is 0 Å². The van der Waals surface area contributed by atoms with E-state index in [2.05, 4.69) is 5.32 Å². The predicted octanol–water partition coefficient (Wildman–Crippen LogP) is 3.62. The highest BCUT2D eigenvalue weighted by atomic mass is 32.2. The Kier molecular flexibility index (Phi) is 6.87. The zero-order chi connectivity index (χ0) is 21.0. The molecule has 1 aromatic heterocycles. The van der Waals surface area contributed by atoms with Gasteiger partial charge in [-0.2, -0.15) is 4.31 Å². The van der Waals surface area contributed by atoms with Gasteiger partial charge in [-0.3, -0.25) is 9.59 Å². The topological polar surface area (TPSA) is 83.6 Å². The molecule has 1 aliphatic heterocycles. The second-order valence-electron chi connectivity index (χ2n) is 7.24. The molecule has 1 saturated heterocycles. The fourth-order valence-corrected chi connectivity index (χ4v) is 5.85. The zero-order valence-electron chi connectivity index (χ0n) is 16.6. The van der Waals surface area contributed by atoms with Crippen LogP contribution >= 0.6 is 11.3 Å². The van der Waals surface area contributed by atoms with Gasteiger partial charge < -0.3 is 5.32 Å². The summed E-state index contributed by atoms with van der Waals surface area (Å²) in [6, 6.07) is 10.0. The third kappa shape index (κ3) is 4.94. The highest BCUT2D eigenvalue weighted by Crippen LogP contribution is 2.26. The summed E-state index contributed by atoms with van der Waals surface area (Å²) in [5, 5.41) is 5.11. The average Bonchev–Trinajstić information content (AvgIpc) is 3.26. The van der Waals surface area contributed by atoms with Crippen molar-refractivity contribution in [2.24, 2.45) is 5.92 Å². The number of benzene rings is 1. The number of rotatable bonds is 7. The van der Waals surface area contributed by atoms with Crippen LogP contribution in [0.3, 0.4) is 0 Å². The lowest BCUT2D eigenvalue weighted by Gasteiger charge is -2.31. The van der Waals surface area contributed by atoms with Crippen LogP contribution in [0.4, 0.5) is 0 Å². The SMILES string of the molecule is CCC(NC(=O)C1CCN(S(=O)(=O)c2ccc(C(C)=O)cc2)CC1)c1cccs1. The van der Waals surface area contributed by atoms with E-state index in [0.717, 1.165) is 11.3 Å². The smallest absolute Gasteiger partial charge is 0.243 e. The van der Waals surface area contributed by atoms with Crippen molar-refractivity contribution in [3.63, 3.8) is 0 Å². The number of hydrogen-bond donors (Lipinski definition) is 1. The first-order valence-corrected chi connectivity index (χ1v) is 12.1. The molecule has 8 heteroatoms. The molecule has 0 bridgehead atoms. The van der Waals surface area contributed by atoms with E-state index in [-0.39, 0.29) is 28.5 Å². The minimum Gasteiger partial charge on any atom is -0.348 e. The molecule has 0 radical (unpaired) electrons. The van der Waals surface area contributed by atoms with Gasteiger partial charge in [0.2, 0.25) is 15.9 Å². The number of hydrogen-bond acceptors (Lipinski definition) is 5. The van der Waals surface area contributed by atoms with E-state index in [4.69, 9.17) is 0 Å². The average molecular weight is 435 g/mol. The van der Waals surface area contributed by atoms with Crippen molar-refractivity contribution in [2.75, 3.05) is 13.1 Å². The highest BCUT2D eigenvalue weighted by Gasteiger charge is 2.32. The molecule has 0 saturated carbocycles. The number of carbonyl (C=O) groups is 2. The molecule has 1 aliphatic rings. The van der Waals surface area contributed by atoms with E-state index in [1.54, 1.807) is 11.3 Å².